The molecule has 2 fully saturated rings. The van der Waals surface area contributed by atoms with Crippen molar-refractivity contribution in [2.75, 3.05) is 38.0 Å². The van der Waals surface area contributed by atoms with E-state index in [-0.39, 0.29) is 17.5 Å². The maximum absolute atomic E-state index is 12.8. The summed E-state index contributed by atoms with van der Waals surface area (Å²) >= 11 is 0. The first-order valence-corrected chi connectivity index (χ1v) is 10.8. The van der Waals surface area contributed by atoms with Crippen molar-refractivity contribution in [3.8, 4) is 17.0 Å². The molecule has 2 aliphatic rings. The topological polar surface area (TPSA) is 102 Å². The zero-order valence-corrected chi connectivity index (χ0v) is 18.1. The second-order valence-corrected chi connectivity index (χ2v) is 8.66. The number of phenolic OH excluding ortho intramolecular Hbond substituents is 1. The summed E-state index contributed by atoms with van der Waals surface area (Å²) in [5.41, 5.74) is 0.206. The molecule has 2 aromatic rings. The van der Waals surface area contributed by atoms with Gasteiger partial charge in [0.05, 0.1) is 23.9 Å². The van der Waals surface area contributed by atoms with E-state index in [1.807, 2.05) is 0 Å². The van der Waals surface area contributed by atoms with Crippen molar-refractivity contribution >= 4 is 11.7 Å². The number of likely N-dealkylation sites (tertiary alicyclic amines) is 2. The van der Waals surface area contributed by atoms with Crippen LogP contribution in [0.5, 0.6) is 5.75 Å². The number of nitrogens with one attached hydrogen (secondary N) is 1. The van der Waals surface area contributed by atoms with Gasteiger partial charge in [-0.15, -0.1) is 10.2 Å². The van der Waals surface area contributed by atoms with Crippen LogP contribution in [0.4, 0.5) is 19.0 Å². The van der Waals surface area contributed by atoms with Gasteiger partial charge in [-0.2, -0.15) is 13.2 Å². The van der Waals surface area contributed by atoms with E-state index >= 15 is 0 Å². The van der Waals surface area contributed by atoms with Crippen LogP contribution in [0.1, 0.15) is 24.0 Å². The molecule has 2 aliphatic heterocycles. The molecule has 0 saturated carbocycles. The number of aliphatic hydroxyl groups is 1. The van der Waals surface area contributed by atoms with Crippen LogP contribution < -0.4 is 5.32 Å². The number of alkyl halides is 3. The van der Waals surface area contributed by atoms with Crippen LogP contribution in [0.15, 0.2) is 24.3 Å². The normalized spacial score (nSPS) is 19.9. The molecule has 0 aliphatic carbocycles. The molecular formula is C22H26F3N5O3. The molecule has 1 atom stereocenters. The van der Waals surface area contributed by atoms with Crippen LogP contribution >= 0.6 is 0 Å². The molecule has 8 nitrogen and oxygen atoms in total. The predicted molar refractivity (Wildman–Crippen MR) is 115 cm³/mol. The number of aromatic nitrogens is 2. The molecule has 4 rings (SSSR count). The second-order valence-electron chi connectivity index (χ2n) is 8.66. The molecule has 0 spiro atoms. The number of hydrogen-bond acceptors (Lipinski definition) is 7. The lowest BCUT2D eigenvalue weighted by Crippen LogP contribution is -2.57. The molecule has 3 N–H and O–H groups in total. The van der Waals surface area contributed by atoms with Crippen LogP contribution in [-0.2, 0) is 11.0 Å². The third kappa shape index (κ3) is 5.36. The smallest absolute Gasteiger partial charge is 0.416 e. The van der Waals surface area contributed by atoms with Gasteiger partial charge in [-0.3, -0.25) is 9.69 Å². The molecule has 0 unspecified atom stereocenters. The van der Waals surface area contributed by atoms with E-state index in [0.717, 1.165) is 25.5 Å². The fourth-order valence-electron chi connectivity index (χ4n) is 4.21. The number of rotatable bonds is 5. The van der Waals surface area contributed by atoms with Crippen LogP contribution in [0.25, 0.3) is 11.3 Å². The van der Waals surface area contributed by atoms with Crippen molar-refractivity contribution in [3.05, 3.63) is 35.4 Å². The Hall–Kier alpha value is -2.92. The van der Waals surface area contributed by atoms with Gasteiger partial charge in [-0.05, 0) is 56.1 Å². The quantitative estimate of drug-likeness (QED) is 0.623. The number of carbonyl (C=O) groups excluding carboxylic acids is 1. The lowest BCUT2D eigenvalue weighted by molar-refractivity contribution is -0.142. The number of benzene rings is 1. The SMILES string of the molecule is Cc1cc(N[C@@H]2CCCN(CC(=O)N3CC(O)C3)C2)nnc1-c1ccc(C(F)(F)F)cc1O. The number of aromatic hydroxyl groups is 1. The number of halogens is 3. The summed E-state index contributed by atoms with van der Waals surface area (Å²) in [5.74, 6) is 0.0224. The van der Waals surface area contributed by atoms with Crippen LogP contribution in [0, 0.1) is 6.92 Å². The van der Waals surface area contributed by atoms with Crippen LogP contribution in [0.3, 0.4) is 0 Å². The molecule has 2 saturated heterocycles. The Morgan fingerprint density at radius 3 is 2.61 bits per heavy atom. The molecule has 1 amide bonds. The summed E-state index contributed by atoms with van der Waals surface area (Å²) in [4.78, 5) is 16.0. The van der Waals surface area contributed by atoms with Crippen molar-refractivity contribution in [2.24, 2.45) is 0 Å². The number of nitrogens with zero attached hydrogens (tertiary/aromatic N) is 4. The van der Waals surface area contributed by atoms with Gasteiger partial charge < -0.3 is 20.4 Å². The lowest BCUT2D eigenvalue weighted by Gasteiger charge is -2.39. The van der Waals surface area contributed by atoms with E-state index in [1.54, 1.807) is 17.9 Å². The standard InChI is InChI=1S/C22H26F3N5O3/c1-13-7-19(27-28-21(13)17-5-4-14(8-18(17)32)22(23,24)25)26-15-3-2-6-29(9-15)12-20(33)30-10-16(31)11-30/h4-5,7-8,15-16,31-32H,2-3,6,9-12H2,1H3,(H,26,27)/t15-/m1/s1. The van der Waals surface area contributed by atoms with Gasteiger partial charge in [-0.1, -0.05) is 0 Å². The fourth-order valence-corrected chi connectivity index (χ4v) is 4.21. The van der Waals surface area contributed by atoms with Gasteiger partial charge in [0.25, 0.3) is 0 Å². The monoisotopic (exact) mass is 465 g/mol. The van der Waals surface area contributed by atoms with E-state index in [1.165, 1.54) is 6.07 Å². The minimum Gasteiger partial charge on any atom is -0.507 e. The molecule has 0 radical (unpaired) electrons. The first-order valence-electron chi connectivity index (χ1n) is 10.8. The lowest BCUT2D eigenvalue weighted by atomic mass is 10.0. The summed E-state index contributed by atoms with van der Waals surface area (Å²) in [5, 5.41) is 31.1. The maximum Gasteiger partial charge on any atom is 0.416 e. The van der Waals surface area contributed by atoms with Gasteiger partial charge in [0.1, 0.15) is 11.6 Å². The van der Waals surface area contributed by atoms with Gasteiger partial charge in [-0.25, -0.2) is 0 Å². The Balaban J connectivity index is 1.39. The highest BCUT2D eigenvalue weighted by atomic mass is 19.4. The molecule has 3 heterocycles. The maximum atomic E-state index is 12.8. The van der Waals surface area contributed by atoms with E-state index < -0.39 is 23.6 Å². The van der Waals surface area contributed by atoms with Crippen LogP contribution in [0.2, 0.25) is 0 Å². The average molecular weight is 465 g/mol. The summed E-state index contributed by atoms with van der Waals surface area (Å²) in [6, 6.07) is 4.58. The van der Waals surface area contributed by atoms with Crippen molar-refractivity contribution in [1.82, 2.24) is 20.0 Å². The Morgan fingerprint density at radius 2 is 1.97 bits per heavy atom. The third-order valence-electron chi connectivity index (χ3n) is 6.00. The fraction of sp³-hybridized carbons (Fsp3) is 0.500. The zero-order chi connectivity index (χ0) is 23.8. The zero-order valence-electron chi connectivity index (χ0n) is 18.1. The number of aryl methyl sites for hydroxylation is 1. The van der Waals surface area contributed by atoms with Gasteiger partial charge >= 0.3 is 6.18 Å². The average Bonchev–Trinajstić information content (AvgIpc) is 2.71. The number of amides is 1. The molecule has 1 aromatic heterocycles. The first-order chi connectivity index (χ1) is 15.6. The first kappa shape index (κ1) is 23.2. The van der Waals surface area contributed by atoms with Crippen molar-refractivity contribution < 1.29 is 28.2 Å². The number of carbonyl (C=O) groups is 1. The summed E-state index contributed by atoms with van der Waals surface area (Å²) < 4.78 is 38.5. The molecule has 33 heavy (non-hydrogen) atoms. The number of aliphatic hydroxyl groups excluding tert-OH is 1. The predicted octanol–water partition coefficient (Wildman–Crippen LogP) is 2.26. The Bertz CT molecular complexity index is 1030. The highest BCUT2D eigenvalue weighted by Gasteiger charge is 2.32. The second kappa shape index (κ2) is 9.14. The molecule has 1 aromatic carbocycles. The minimum atomic E-state index is -4.54. The molecular weight excluding hydrogens is 439 g/mol. The van der Waals surface area contributed by atoms with Crippen molar-refractivity contribution in [2.45, 2.75) is 38.1 Å². The number of β-amino-alcohol motifs (C(OH)–C–C–N with tert-alkyl or cyclic N) is 1. The van der Waals surface area contributed by atoms with Gasteiger partial charge in [0.2, 0.25) is 5.91 Å². The summed E-state index contributed by atoms with van der Waals surface area (Å²) in [6.07, 6.45) is -3.15. The highest BCUT2D eigenvalue weighted by Crippen LogP contribution is 2.36. The molecule has 11 heteroatoms. The molecule has 0 bridgehead atoms. The highest BCUT2D eigenvalue weighted by molar-refractivity contribution is 5.79. The largest absolute Gasteiger partial charge is 0.507 e. The Labute approximate surface area is 189 Å². The summed E-state index contributed by atoms with van der Waals surface area (Å²) in [6.45, 7) is 4.32. The van der Waals surface area contributed by atoms with Crippen LogP contribution in [-0.4, -0.2) is 81.0 Å². The Morgan fingerprint density at radius 1 is 1.21 bits per heavy atom. The number of phenols is 1. The summed E-state index contributed by atoms with van der Waals surface area (Å²) in [7, 11) is 0. The van der Waals surface area contributed by atoms with E-state index in [9.17, 15) is 28.2 Å². The number of anilines is 1. The van der Waals surface area contributed by atoms with Gasteiger partial charge in [0.15, 0.2) is 0 Å². The number of hydrogen-bond donors (Lipinski definition) is 3. The Kier molecular flexibility index (Phi) is 6.44. The third-order valence-corrected chi connectivity index (χ3v) is 6.00. The van der Waals surface area contributed by atoms with Crippen molar-refractivity contribution in [3.63, 3.8) is 0 Å². The van der Waals surface area contributed by atoms with Gasteiger partial charge in [0, 0.05) is 31.2 Å². The number of piperidine rings is 1. The van der Waals surface area contributed by atoms with E-state index in [2.05, 4.69) is 20.4 Å². The van der Waals surface area contributed by atoms with E-state index in [4.69, 9.17) is 0 Å². The van der Waals surface area contributed by atoms with Crippen molar-refractivity contribution in [1.29, 1.82) is 0 Å². The molecule has 178 valence electrons. The minimum absolute atomic E-state index is 0.0114. The van der Waals surface area contributed by atoms with E-state index in [0.29, 0.717) is 49.3 Å².